The van der Waals surface area contributed by atoms with Gasteiger partial charge in [0.2, 0.25) is 0 Å². The van der Waals surface area contributed by atoms with E-state index >= 15 is 0 Å². The van der Waals surface area contributed by atoms with Gasteiger partial charge in [-0.15, -0.1) is 11.3 Å². The molecule has 0 aliphatic rings. The van der Waals surface area contributed by atoms with Gasteiger partial charge in [0, 0.05) is 28.6 Å². The number of nitrogens with one attached hydrogen (secondary N) is 2. The molecular formula is C14H18N4OS. The number of thiophene rings is 1. The van der Waals surface area contributed by atoms with Gasteiger partial charge in [-0.2, -0.15) is 0 Å². The number of anilines is 1. The lowest BCUT2D eigenvalue weighted by Gasteiger charge is -2.13. The molecule has 0 bridgehead atoms. The summed E-state index contributed by atoms with van der Waals surface area (Å²) in [5.41, 5.74) is 3.77. The van der Waals surface area contributed by atoms with E-state index in [0.29, 0.717) is 11.4 Å². The number of hydrogen-bond donors (Lipinski definition) is 3. The zero-order valence-electron chi connectivity index (χ0n) is 11.5. The first-order chi connectivity index (χ1) is 9.58. The number of aryl methyl sites for hydroxylation is 1. The molecule has 0 saturated heterocycles. The van der Waals surface area contributed by atoms with Crippen molar-refractivity contribution < 1.29 is 4.79 Å². The Bertz CT molecular complexity index is 583. The quantitative estimate of drug-likeness (QED) is 0.582. The standard InChI is InChI=1S/C14H18N4OS/c1-9-6-11(8-13(16-9)18-15)14(19)17-10(2)7-12-4-3-5-20-12/h3-6,8,10H,7,15H2,1-2H3,(H,16,18)(H,17,19). The molecule has 0 aliphatic carbocycles. The maximum atomic E-state index is 12.2. The fraction of sp³-hybridized carbons (Fsp3) is 0.286. The molecule has 2 aromatic heterocycles. The molecule has 0 aliphatic heterocycles. The van der Waals surface area contributed by atoms with E-state index in [1.165, 1.54) is 4.88 Å². The van der Waals surface area contributed by atoms with Crippen LogP contribution in [0.25, 0.3) is 0 Å². The normalized spacial score (nSPS) is 11.9. The van der Waals surface area contributed by atoms with Crippen LogP contribution in [0.3, 0.4) is 0 Å². The van der Waals surface area contributed by atoms with Gasteiger partial charge >= 0.3 is 0 Å². The smallest absolute Gasteiger partial charge is 0.251 e. The Labute approximate surface area is 122 Å². The van der Waals surface area contributed by atoms with Crippen LogP contribution in [0.15, 0.2) is 29.6 Å². The zero-order valence-corrected chi connectivity index (χ0v) is 12.3. The van der Waals surface area contributed by atoms with E-state index in [1.54, 1.807) is 23.5 Å². The van der Waals surface area contributed by atoms with E-state index in [1.807, 2.05) is 25.3 Å². The molecular weight excluding hydrogens is 272 g/mol. The van der Waals surface area contributed by atoms with Crippen molar-refractivity contribution in [1.29, 1.82) is 0 Å². The molecule has 106 valence electrons. The Morgan fingerprint density at radius 3 is 2.95 bits per heavy atom. The van der Waals surface area contributed by atoms with Crippen LogP contribution in [0.5, 0.6) is 0 Å². The van der Waals surface area contributed by atoms with Crippen LogP contribution in [0.2, 0.25) is 0 Å². The minimum atomic E-state index is -0.115. The predicted octanol–water partition coefficient (Wildman–Crippen LogP) is 2.10. The summed E-state index contributed by atoms with van der Waals surface area (Å²) in [4.78, 5) is 17.6. The van der Waals surface area contributed by atoms with Gasteiger partial charge in [0.1, 0.15) is 5.82 Å². The summed E-state index contributed by atoms with van der Waals surface area (Å²) >= 11 is 1.69. The van der Waals surface area contributed by atoms with Crippen molar-refractivity contribution in [1.82, 2.24) is 10.3 Å². The summed E-state index contributed by atoms with van der Waals surface area (Å²) in [6, 6.07) is 7.54. The SMILES string of the molecule is Cc1cc(C(=O)NC(C)Cc2cccs2)cc(NN)n1. The average Bonchev–Trinajstić information content (AvgIpc) is 2.90. The lowest BCUT2D eigenvalue weighted by Crippen LogP contribution is -2.34. The number of nitrogen functional groups attached to an aromatic ring is 1. The molecule has 0 radical (unpaired) electrons. The highest BCUT2D eigenvalue weighted by Gasteiger charge is 2.12. The highest BCUT2D eigenvalue weighted by molar-refractivity contribution is 7.09. The van der Waals surface area contributed by atoms with E-state index in [2.05, 4.69) is 21.8 Å². The van der Waals surface area contributed by atoms with E-state index in [9.17, 15) is 4.79 Å². The van der Waals surface area contributed by atoms with Crippen LogP contribution in [-0.2, 0) is 6.42 Å². The van der Waals surface area contributed by atoms with Gasteiger partial charge in [-0.25, -0.2) is 10.8 Å². The fourth-order valence-corrected chi connectivity index (χ4v) is 2.80. The second kappa shape index (κ2) is 6.49. The Hall–Kier alpha value is -1.92. The third-order valence-electron chi connectivity index (χ3n) is 2.83. The summed E-state index contributed by atoms with van der Waals surface area (Å²) in [6.45, 7) is 3.82. The van der Waals surface area contributed by atoms with Crippen molar-refractivity contribution >= 4 is 23.1 Å². The van der Waals surface area contributed by atoms with Gasteiger partial charge in [0.25, 0.3) is 5.91 Å². The Balaban J connectivity index is 2.02. The molecule has 20 heavy (non-hydrogen) atoms. The third-order valence-corrected chi connectivity index (χ3v) is 3.73. The van der Waals surface area contributed by atoms with Gasteiger partial charge in [0.15, 0.2) is 0 Å². The maximum absolute atomic E-state index is 12.2. The topological polar surface area (TPSA) is 80.0 Å². The number of amides is 1. The average molecular weight is 290 g/mol. The lowest BCUT2D eigenvalue weighted by atomic mass is 10.1. The molecule has 6 heteroatoms. The third kappa shape index (κ3) is 3.79. The van der Waals surface area contributed by atoms with Crippen LogP contribution in [-0.4, -0.2) is 16.9 Å². The Morgan fingerprint density at radius 1 is 1.50 bits per heavy atom. The summed E-state index contributed by atoms with van der Waals surface area (Å²) < 4.78 is 0. The van der Waals surface area contributed by atoms with Crippen LogP contribution < -0.4 is 16.6 Å². The highest BCUT2D eigenvalue weighted by Crippen LogP contribution is 2.12. The van der Waals surface area contributed by atoms with Crippen LogP contribution >= 0.6 is 11.3 Å². The number of hydrazine groups is 1. The molecule has 2 aromatic rings. The largest absolute Gasteiger partial charge is 0.349 e. The maximum Gasteiger partial charge on any atom is 0.251 e. The minimum absolute atomic E-state index is 0.0731. The summed E-state index contributed by atoms with van der Waals surface area (Å²) in [6.07, 6.45) is 0.829. The lowest BCUT2D eigenvalue weighted by molar-refractivity contribution is 0.0940. The van der Waals surface area contributed by atoms with E-state index in [0.717, 1.165) is 12.1 Å². The number of aromatic nitrogens is 1. The molecule has 2 rings (SSSR count). The molecule has 0 aromatic carbocycles. The van der Waals surface area contributed by atoms with Crippen molar-refractivity contribution in [3.8, 4) is 0 Å². The van der Waals surface area contributed by atoms with Gasteiger partial charge < -0.3 is 10.7 Å². The Kier molecular flexibility index (Phi) is 4.70. The second-order valence-corrected chi connectivity index (χ2v) is 5.72. The van der Waals surface area contributed by atoms with E-state index in [-0.39, 0.29) is 11.9 Å². The number of nitrogens with two attached hydrogens (primary N) is 1. The monoisotopic (exact) mass is 290 g/mol. The number of rotatable bonds is 5. The molecule has 1 unspecified atom stereocenters. The number of hydrogen-bond acceptors (Lipinski definition) is 5. The summed E-state index contributed by atoms with van der Waals surface area (Å²) in [5, 5.41) is 5.02. The van der Waals surface area contributed by atoms with Crippen LogP contribution in [0, 0.1) is 6.92 Å². The van der Waals surface area contributed by atoms with E-state index in [4.69, 9.17) is 5.84 Å². The van der Waals surface area contributed by atoms with Crippen LogP contribution in [0.4, 0.5) is 5.82 Å². The van der Waals surface area contributed by atoms with Gasteiger partial charge in [-0.05, 0) is 37.4 Å². The number of nitrogens with zero attached hydrogens (tertiary/aromatic N) is 1. The van der Waals surface area contributed by atoms with Crippen molar-refractivity contribution in [2.45, 2.75) is 26.3 Å². The first-order valence-corrected chi connectivity index (χ1v) is 7.25. The summed E-state index contributed by atoms with van der Waals surface area (Å²) in [7, 11) is 0. The second-order valence-electron chi connectivity index (χ2n) is 4.68. The predicted molar refractivity (Wildman–Crippen MR) is 81.7 cm³/mol. The molecule has 0 saturated carbocycles. The number of carbonyl (C=O) groups is 1. The minimum Gasteiger partial charge on any atom is -0.349 e. The summed E-state index contributed by atoms with van der Waals surface area (Å²) in [5.74, 6) is 5.71. The molecule has 0 spiro atoms. The molecule has 1 amide bonds. The molecule has 5 nitrogen and oxygen atoms in total. The molecule has 2 heterocycles. The number of pyridine rings is 1. The van der Waals surface area contributed by atoms with Crippen molar-refractivity contribution in [3.63, 3.8) is 0 Å². The van der Waals surface area contributed by atoms with Crippen LogP contribution in [0.1, 0.15) is 27.9 Å². The zero-order chi connectivity index (χ0) is 14.5. The van der Waals surface area contributed by atoms with E-state index < -0.39 is 0 Å². The first-order valence-electron chi connectivity index (χ1n) is 6.37. The fourth-order valence-electron chi connectivity index (χ4n) is 1.96. The highest BCUT2D eigenvalue weighted by atomic mass is 32.1. The first kappa shape index (κ1) is 14.5. The Morgan fingerprint density at radius 2 is 2.30 bits per heavy atom. The number of carbonyl (C=O) groups excluding carboxylic acids is 1. The van der Waals surface area contributed by atoms with Gasteiger partial charge in [-0.1, -0.05) is 6.07 Å². The molecule has 1 atom stereocenters. The molecule has 0 fully saturated rings. The van der Waals surface area contributed by atoms with Crippen molar-refractivity contribution in [2.24, 2.45) is 5.84 Å². The van der Waals surface area contributed by atoms with Crippen molar-refractivity contribution in [2.75, 3.05) is 5.43 Å². The molecule has 4 N–H and O–H groups in total. The van der Waals surface area contributed by atoms with Gasteiger partial charge in [0.05, 0.1) is 0 Å². The van der Waals surface area contributed by atoms with Gasteiger partial charge in [-0.3, -0.25) is 4.79 Å². The van der Waals surface area contributed by atoms with Crippen molar-refractivity contribution in [3.05, 3.63) is 45.8 Å².